The van der Waals surface area contributed by atoms with Crippen LogP contribution in [0.2, 0.25) is 0 Å². The molecule has 0 atom stereocenters. The minimum atomic E-state index is -0.209. The molecule has 3 nitrogen and oxygen atoms in total. The maximum Gasteiger partial charge on any atom is 0.219 e. The Morgan fingerprint density at radius 1 is 1.44 bits per heavy atom. The fourth-order valence-electron chi connectivity index (χ4n) is 0.502. The molecule has 52 valence electrons. The van der Waals surface area contributed by atoms with Crippen molar-refractivity contribution in [1.82, 2.24) is 0 Å². The SMILES string of the molecule is [C-]#[N+]CCC(OC)OC. The number of ether oxygens (including phenoxy) is 2. The predicted molar refractivity (Wildman–Crippen MR) is 33.9 cm³/mol. The molecular weight excluding hydrogens is 118 g/mol. The van der Waals surface area contributed by atoms with Crippen LogP contribution in [0.25, 0.3) is 4.85 Å². The van der Waals surface area contributed by atoms with Crippen molar-refractivity contribution >= 4 is 0 Å². The molecule has 0 bridgehead atoms. The molecule has 0 aliphatic carbocycles. The molecule has 0 N–H and O–H groups in total. The van der Waals surface area contributed by atoms with E-state index >= 15 is 0 Å². The van der Waals surface area contributed by atoms with Gasteiger partial charge >= 0.3 is 0 Å². The molecule has 0 aromatic carbocycles. The van der Waals surface area contributed by atoms with Crippen molar-refractivity contribution in [2.75, 3.05) is 20.8 Å². The highest BCUT2D eigenvalue weighted by atomic mass is 16.7. The van der Waals surface area contributed by atoms with E-state index in [4.69, 9.17) is 16.0 Å². The van der Waals surface area contributed by atoms with Crippen molar-refractivity contribution in [3.05, 3.63) is 11.4 Å². The van der Waals surface area contributed by atoms with E-state index in [1.165, 1.54) is 0 Å². The molecule has 0 fully saturated rings. The van der Waals surface area contributed by atoms with E-state index in [0.717, 1.165) is 0 Å². The second-order valence-electron chi connectivity index (χ2n) is 1.57. The minimum Gasteiger partial charge on any atom is -0.356 e. The van der Waals surface area contributed by atoms with Crippen LogP contribution in [-0.2, 0) is 9.47 Å². The van der Waals surface area contributed by atoms with Crippen molar-refractivity contribution in [2.45, 2.75) is 12.7 Å². The van der Waals surface area contributed by atoms with E-state index in [1.54, 1.807) is 14.2 Å². The Hall–Kier alpha value is -0.590. The Kier molecular flexibility index (Phi) is 5.18. The van der Waals surface area contributed by atoms with Gasteiger partial charge in [-0.15, -0.1) is 0 Å². The van der Waals surface area contributed by atoms with Crippen molar-refractivity contribution in [1.29, 1.82) is 0 Å². The lowest BCUT2D eigenvalue weighted by molar-refractivity contribution is -0.103. The molecule has 0 amide bonds. The van der Waals surface area contributed by atoms with E-state index < -0.39 is 0 Å². The highest BCUT2D eigenvalue weighted by Gasteiger charge is 2.04. The molecule has 0 aliphatic rings. The molecule has 0 saturated carbocycles. The summed E-state index contributed by atoms with van der Waals surface area (Å²) >= 11 is 0. The molecule has 0 rings (SSSR count). The lowest BCUT2D eigenvalue weighted by Gasteiger charge is -2.08. The van der Waals surface area contributed by atoms with Gasteiger partial charge in [0.2, 0.25) is 6.54 Å². The third-order valence-electron chi connectivity index (χ3n) is 1.00. The van der Waals surface area contributed by atoms with Gasteiger partial charge in [-0.3, -0.25) is 0 Å². The monoisotopic (exact) mass is 129 g/mol. The fourth-order valence-corrected chi connectivity index (χ4v) is 0.502. The quantitative estimate of drug-likeness (QED) is 0.416. The predicted octanol–water partition coefficient (Wildman–Crippen LogP) is 0.915. The summed E-state index contributed by atoms with van der Waals surface area (Å²) in [6.07, 6.45) is 0.440. The molecule has 0 aliphatic heterocycles. The van der Waals surface area contributed by atoms with E-state index in [0.29, 0.717) is 13.0 Å². The molecule has 0 saturated heterocycles. The van der Waals surface area contributed by atoms with Gasteiger partial charge < -0.3 is 14.3 Å². The van der Waals surface area contributed by atoms with Gasteiger partial charge in [0.25, 0.3) is 0 Å². The summed E-state index contributed by atoms with van der Waals surface area (Å²) in [6.45, 7) is 6.92. The smallest absolute Gasteiger partial charge is 0.219 e. The van der Waals surface area contributed by atoms with Crippen molar-refractivity contribution in [3.8, 4) is 0 Å². The Bertz CT molecular complexity index is 93.7. The van der Waals surface area contributed by atoms with E-state index in [1.807, 2.05) is 0 Å². The van der Waals surface area contributed by atoms with Crippen LogP contribution < -0.4 is 0 Å². The summed E-state index contributed by atoms with van der Waals surface area (Å²) in [5.74, 6) is 0. The standard InChI is InChI=1S/C6H11NO2/c1-7-5-4-6(8-2)9-3/h6H,4-5H2,2-3H3. The molecule has 0 aromatic heterocycles. The Morgan fingerprint density at radius 3 is 2.33 bits per heavy atom. The second-order valence-corrected chi connectivity index (χ2v) is 1.57. The van der Waals surface area contributed by atoms with Crippen LogP contribution in [0.1, 0.15) is 6.42 Å². The summed E-state index contributed by atoms with van der Waals surface area (Å²) in [5.41, 5.74) is 0. The molecule has 9 heavy (non-hydrogen) atoms. The summed E-state index contributed by atoms with van der Waals surface area (Å²) in [7, 11) is 3.14. The number of methoxy groups -OCH3 is 2. The minimum absolute atomic E-state index is 0.209. The lowest BCUT2D eigenvalue weighted by atomic mass is 10.4. The van der Waals surface area contributed by atoms with Gasteiger partial charge in [0.15, 0.2) is 6.29 Å². The van der Waals surface area contributed by atoms with Crippen molar-refractivity contribution < 1.29 is 9.47 Å². The van der Waals surface area contributed by atoms with Crippen LogP contribution in [0.15, 0.2) is 0 Å². The van der Waals surface area contributed by atoms with Crippen LogP contribution >= 0.6 is 0 Å². The number of hydrogen-bond donors (Lipinski definition) is 0. The zero-order valence-corrected chi connectivity index (χ0v) is 5.76. The second kappa shape index (κ2) is 5.54. The lowest BCUT2D eigenvalue weighted by Crippen LogP contribution is -2.13. The Balaban J connectivity index is 3.22. The molecule has 0 radical (unpaired) electrons. The van der Waals surface area contributed by atoms with Gasteiger partial charge in [-0.25, -0.2) is 6.57 Å². The van der Waals surface area contributed by atoms with Crippen LogP contribution in [0.3, 0.4) is 0 Å². The highest BCUT2D eigenvalue weighted by Crippen LogP contribution is 1.96. The summed E-state index contributed by atoms with van der Waals surface area (Å²) in [4.78, 5) is 3.16. The summed E-state index contributed by atoms with van der Waals surface area (Å²) < 4.78 is 9.67. The molecule has 0 spiro atoms. The number of nitrogens with zero attached hydrogens (tertiary/aromatic N) is 1. The van der Waals surface area contributed by atoms with Gasteiger partial charge in [-0.2, -0.15) is 0 Å². The van der Waals surface area contributed by atoms with E-state index in [9.17, 15) is 0 Å². The normalized spacial score (nSPS) is 9.56. The number of hydrogen-bond acceptors (Lipinski definition) is 2. The molecular formula is C6H11NO2. The van der Waals surface area contributed by atoms with Gasteiger partial charge in [-0.05, 0) is 0 Å². The van der Waals surface area contributed by atoms with E-state index in [-0.39, 0.29) is 6.29 Å². The van der Waals surface area contributed by atoms with Gasteiger partial charge in [0.1, 0.15) is 0 Å². The average molecular weight is 129 g/mol. The van der Waals surface area contributed by atoms with Crippen molar-refractivity contribution in [2.24, 2.45) is 0 Å². The first-order valence-electron chi connectivity index (χ1n) is 2.74. The van der Waals surface area contributed by atoms with Crippen LogP contribution in [-0.4, -0.2) is 27.1 Å². The zero-order chi connectivity index (χ0) is 7.11. The van der Waals surface area contributed by atoms with Crippen LogP contribution in [0.5, 0.6) is 0 Å². The molecule has 0 aromatic rings. The van der Waals surface area contributed by atoms with Gasteiger partial charge in [0.05, 0.1) is 6.42 Å². The molecule has 0 unspecified atom stereocenters. The van der Waals surface area contributed by atoms with Crippen LogP contribution in [0.4, 0.5) is 0 Å². The summed E-state index contributed by atoms with van der Waals surface area (Å²) in [6, 6.07) is 0. The third kappa shape index (κ3) is 3.95. The first-order valence-corrected chi connectivity index (χ1v) is 2.74. The third-order valence-corrected chi connectivity index (χ3v) is 1.00. The first kappa shape index (κ1) is 8.41. The largest absolute Gasteiger partial charge is 0.356 e. The first-order chi connectivity index (χ1) is 4.35. The van der Waals surface area contributed by atoms with Crippen LogP contribution in [0, 0.1) is 6.57 Å². The van der Waals surface area contributed by atoms with Crippen molar-refractivity contribution in [3.63, 3.8) is 0 Å². The van der Waals surface area contributed by atoms with E-state index in [2.05, 4.69) is 4.85 Å². The number of rotatable bonds is 4. The van der Waals surface area contributed by atoms with Gasteiger partial charge in [-0.1, -0.05) is 0 Å². The highest BCUT2D eigenvalue weighted by molar-refractivity contribution is 4.59. The summed E-state index contributed by atoms with van der Waals surface area (Å²) in [5, 5.41) is 0. The Morgan fingerprint density at radius 2 is 2.00 bits per heavy atom. The zero-order valence-electron chi connectivity index (χ0n) is 5.76. The fraction of sp³-hybridized carbons (Fsp3) is 0.833. The van der Waals surface area contributed by atoms with Gasteiger partial charge in [0, 0.05) is 14.2 Å². The maximum absolute atomic E-state index is 6.46. The Labute approximate surface area is 55.4 Å². The topological polar surface area (TPSA) is 22.8 Å². The average Bonchev–Trinajstić information content (AvgIpc) is 1.91. The molecule has 3 heteroatoms. The maximum atomic E-state index is 6.46. The molecule has 0 heterocycles.